The molecule has 0 saturated heterocycles. The van der Waals surface area contributed by atoms with E-state index in [4.69, 9.17) is 10.3 Å². The van der Waals surface area contributed by atoms with Gasteiger partial charge in [0.2, 0.25) is 11.7 Å². The highest BCUT2D eigenvalue weighted by molar-refractivity contribution is 5.85. The second-order valence-electron chi connectivity index (χ2n) is 6.32. The minimum Gasteiger partial charge on any atom is -0.338 e. The van der Waals surface area contributed by atoms with E-state index in [2.05, 4.69) is 55.2 Å². The van der Waals surface area contributed by atoms with Crippen molar-refractivity contribution in [3.05, 3.63) is 71.1 Å². The van der Waals surface area contributed by atoms with E-state index >= 15 is 0 Å². The molecule has 3 aromatic rings. The van der Waals surface area contributed by atoms with E-state index in [1.807, 2.05) is 24.3 Å². The van der Waals surface area contributed by atoms with Gasteiger partial charge in [0.05, 0.1) is 5.41 Å². The molecule has 2 aromatic carbocycles. The number of halogens is 1. The molecule has 0 unspecified atom stereocenters. The Balaban J connectivity index is 0.00000208. The second-order valence-corrected chi connectivity index (χ2v) is 6.32. The average molecular weight is 344 g/mol. The topological polar surface area (TPSA) is 64.9 Å². The molecule has 24 heavy (non-hydrogen) atoms. The predicted octanol–water partition coefficient (Wildman–Crippen LogP) is 4.25. The number of rotatable bonds is 4. The Morgan fingerprint density at radius 1 is 1.00 bits per heavy atom. The first kappa shape index (κ1) is 18.2. The third-order valence-corrected chi connectivity index (χ3v) is 4.18. The molecule has 0 radical (unpaired) electrons. The lowest BCUT2D eigenvalue weighted by Gasteiger charge is -2.20. The zero-order chi connectivity index (χ0) is 16.4. The molecule has 2 N–H and O–H groups in total. The largest absolute Gasteiger partial charge is 0.338 e. The summed E-state index contributed by atoms with van der Waals surface area (Å²) in [6, 6.07) is 16.3. The SMILES string of the molecule is Cc1ccc(C(C)(C)c2nc(-c3ccc(CN)cc3)no2)cc1.Cl. The number of hydrogen-bond acceptors (Lipinski definition) is 4. The van der Waals surface area contributed by atoms with Crippen molar-refractivity contribution in [2.24, 2.45) is 5.73 Å². The van der Waals surface area contributed by atoms with Gasteiger partial charge in [0.15, 0.2) is 0 Å². The van der Waals surface area contributed by atoms with Gasteiger partial charge in [0.25, 0.3) is 0 Å². The van der Waals surface area contributed by atoms with Crippen LogP contribution in [0.3, 0.4) is 0 Å². The van der Waals surface area contributed by atoms with Crippen molar-refractivity contribution < 1.29 is 4.52 Å². The van der Waals surface area contributed by atoms with Crippen LogP contribution in [0, 0.1) is 6.92 Å². The van der Waals surface area contributed by atoms with E-state index in [1.54, 1.807) is 0 Å². The molecule has 0 spiro atoms. The molecule has 5 heteroatoms. The predicted molar refractivity (Wildman–Crippen MR) is 98.2 cm³/mol. The lowest BCUT2D eigenvalue weighted by Crippen LogP contribution is -2.19. The van der Waals surface area contributed by atoms with E-state index in [1.165, 1.54) is 5.56 Å². The van der Waals surface area contributed by atoms with E-state index in [9.17, 15) is 0 Å². The van der Waals surface area contributed by atoms with Gasteiger partial charge in [0, 0.05) is 12.1 Å². The van der Waals surface area contributed by atoms with Gasteiger partial charge in [-0.3, -0.25) is 0 Å². The highest BCUT2D eigenvalue weighted by Gasteiger charge is 2.30. The van der Waals surface area contributed by atoms with Gasteiger partial charge in [0.1, 0.15) is 0 Å². The van der Waals surface area contributed by atoms with Gasteiger partial charge >= 0.3 is 0 Å². The Morgan fingerprint density at radius 3 is 2.21 bits per heavy atom. The van der Waals surface area contributed by atoms with Gasteiger partial charge < -0.3 is 10.3 Å². The summed E-state index contributed by atoms with van der Waals surface area (Å²) >= 11 is 0. The van der Waals surface area contributed by atoms with Crippen molar-refractivity contribution in [3.8, 4) is 11.4 Å². The molecule has 0 aliphatic heterocycles. The maximum Gasteiger partial charge on any atom is 0.237 e. The van der Waals surface area contributed by atoms with Crippen LogP contribution in [0.5, 0.6) is 0 Å². The summed E-state index contributed by atoms with van der Waals surface area (Å²) in [5, 5.41) is 4.13. The van der Waals surface area contributed by atoms with Gasteiger partial charge in [-0.15, -0.1) is 12.4 Å². The Kier molecular flexibility index (Phi) is 5.42. The van der Waals surface area contributed by atoms with Crippen LogP contribution in [0.15, 0.2) is 53.1 Å². The molecule has 3 rings (SSSR count). The molecular formula is C19H22ClN3O. The van der Waals surface area contributed by atoms with E-state index in [0.717, 1.165) is 16.7 Å². The first-order chi connectivity index (χ1) is 11.0. The van der Waals surface area contributed by atoms with Crippen molar-refractivity contribution >= 4 is 12.4 Å². The summed E-state index contributed by atoms with van der Waals surface area (Å²) in [6.07, 6.45) is 0. The summed E-state index contributed by atoms with van der Waals surface area (Å²) in [6.45, 7) is 6.78. The Morgan fingerprint density at radius 2 is 1.62 bits per heavy atom. The zero-order valence-electron chi connectivity index (χ0n) is 14.1. The molecule has 1 heterocycles. The van der Waals surface area contributed by atoms with Crippen LogP contribution < -0.4 is 5.73 Å². The lowest BCUT2D eigenvalue weighted by atomic mass is 9.84. The molecular weight excluding hydrogens is 322 g/mol. The van der Waals surface area contributed by atoms with Crippen LogP contribution in [0.25, 0.3) is 11.4 Å². The third kappa shape index (κ3) is 3.50. The van der Waals surface area contributed by atoms with Crippen LogP contribution in [-0.2, 0) is 12.0 Å². The second kappa shape index (κ2) is 7.16. The van der Waals surface area contributed by atoms with Gasteiger partial charge in [-0.05, 0) is 31.9 Å². The first-order valence-electron chi connectivity index (χ1n) is 7.71. The Bertz CT molecular complexity index is 792. The Labute approximate surface area is 148 Å². The average Bonchev–Trinajstić information content (AvgIpc) is 3.06. The summed E-state index contributed by atoms with van der Waals surface area (Å²) in [4.78, 5) is 4.60. The summed E-state index contributed by atoms with van der Waals surface area (Å²) < 4.78 is 5.54. The molecule has 4 nitrogen and oxygen atoms in total. The molecule has 0 bridgehead atoms. The quantitative estimate of drug-likeness (QED) is 0.769. The third-order valence-electron chi connectivity index (χ3n) is 4.18. The highest BCUT2D eigenvalue weighted by Crippen LogP contribution is 2.31. The lowest BCUT2D eigenvalue weighted by molar-refractivity contribution is 0.333. The fourth-order valence-corrected chi connectivity index (χ4v) is 2.48. The monoisotopic (exact) mass is 343 g/mol. The maximum absolute atomic E-state index is 5.63. The van der Waals surface area contributed by atoms with Gasteiger partial charge in [-0.1, -0.05) is 59.3 Å². The van der Waals surface area contributed by atoms with Crippen LogP contribution in [-0.4, -0.2) is 10.1 Å². The fourth-order valence-electron chi connectivity index (χ4n) is 2.48. The highest BCUT2D eigenvalue weighted by atomic mass is 35.5. The summed E-state index contributed by atoms with van der Waals surface area (Å²) in [5.41, 5.74) is 9.68. The molecule has 0 fully saturated rings. The molecule has 0 aliphatic carbocycles. The van der Waals surface area contributed by atoms with Gasteiger partial charge in [-0.25, -0.2) is 0 Å². The van der Waals surface area contributed by atoms with Crippen LogP contribution in [0.1, 0.15) is 36.4 Å². The number of nitrogens with two attached hydrogens (primary N) is 1. The minimum absolute atomic E-state index is 0. The standard InChI is InChI=1S/C19H21N3O.ClH/c1-13-4-10-16(11-5-13)19(2,3)18-21-17(22-23-18)15-8-6-14(12-20)7-9-15;/h4-11H,12,20H2,1-3H3;1H. The van der Waals surface area contributed by atoms with Crippen LogP contribution >= 0.6 is 12.4 Å². The van der Waals surface area contributed by atoms with Crippen molar-refractivity contribution in [1.82, 2.24) is 10.1 Å². The Hall–Kier alpha value is -2.17. The molecule has 0 amide bonds. The minimum atomic E-state index is -0.337. The number of hydrogen-bond donors (Lipinski definition) is 1. The number of aryl methyl sites for hydroxylation is 1. The van der Waals surface area contributed by atoms with E-state index < -0.39 is 0 Å². The van der Waals surface area contributed by atoms with E-state index in [0.29, 0.717) is 18.3 Å². The van der Waals surface area contributed by atoms with Crippen molar-refractivity contribution in [3.63, 3.8) is 0 Å². The van der Waals surface area contributed by atoms with Crippen molar-refractivity contribution in [2.45, 2.75) is 32.7 Å². The zero-order valence-corrected chi connectivity index (χ0v) is 14.9. The maximum atomic E-state index is 5.63. The molecule has 126 valence electrons. The van der Waals surface area contributed by atoms with Crippen LogP contribution in [0.2, 0.25) is 0 Å². The van der Waals surface area contributed by atoms with Crippen molar-refractivity contribution in [2.75, 3.05) is 0 Å². The van der Waals surface area contributed by atoms with E-state index in [-0.39, 0.29) is 17.8 Å². The molecule has 0 saturated carbocycles. The van der Waals surface area contributed by atoms with Crippen molar-refractivity contribution in [1.29, 1.82) is 0 Å². The summed E-state index contributed by atoms with van der Waals surface area (Å²) in [5.74, 6) is 1.21. The molecule has 0 aliphatic rings. The first-order valence-corrected chi connectivity index (χ1v) is 7.71. The smallest absolute Gasteiger partial charge is 0.237 e. The number of nitrogens with zero attached hydrogens (tertiary/aromatic N) is 2. The van der Waals surface area contributed by atoms with Crippen LogP contribution in [0.4, 0.5) is 0 Å². The fraction of sp³-hybridized carbons (Fsp3) is 0.263. The molecule has 1 aromatic heterocycles. The van der Waals surface area contributed by atoms with Gasteiger partial charge in [-0.2, -0.15) is 4.98 Å². The summed E-state index contributed by atoms with van der Waals surface area (Å²) in [7, 11) is 0. The number of benzene rings is 2. The normalized spacial score (nSPS) is 11.2. The molecule has 0 atom stereocenters. The number of aromatic nitrogens is 2.